The predicted octanol–water partition coefficient (Wildman–Crippen LogP) is 10.7. The molecular formula is C39H77NO5. The fraction of sp³-hybridized carbons (Fsp3) is 0.949. The minimum Gasteiger partial charge on any atom is -0.466 e. The van der Waals surface area contributed by atoms with E-state index in [9.17, 15) is 14.7 Å². The van der Waals surface area contributed by atoms with Gasteiger partial charge in [0.05, 0.1) is 6.61 Å². The third kappa shape index (κ3) is 32.6. The van der Waals surface area contributed by atoms with Crippen LogP contribution in [0.15, 0.2) is 0 Å². The quantitative estimate of drug-likeness (QED) is 0.0543. The molecule has 0 aromatic rings. The summed E-state index contributed by atoms with van der Waals surface area (Å²) in [6, 6.07) is 0. The Morgan fingerprint density at radius 1 is 0.511 bits per heavy atom. The number of aliphatic hydroxyl groups is 1. The van der Waals surface area contributed by atoms with E-state index in [2.05, 4.69) is 25.7 Å². The molecule has 268 valence electrons. The predicted molar refractivity (Wildman–Crippen MR) is 191 cm³/mol. The van der Waals surface area contributed by atoms with Gasteiger partial charge in [0, 0.05) is 26.0 Å². The first-order chi connectivity index (χ1) is 22.1. The number of carbonyl (C=O) groups excluding carboxylic acids is 2. The molecule has 0 saturated heterocycles. The first kappa shape index (κ1) is 43.9. The molecular weight excluding hydrogens is 562 g/mol. The lowest BCUT2D eigenvalue weighted by Crippen LogP contribution is -2.28. The zero-order chi connectivity index (χ0) is 33.1. The van der Waals surface area contributed by atoms with Gasteiger partial charge in [0.15, 0.2) is 0 Å². The van der Waals surface area contributed by atoms with Gasteiger partial charge >= 0.3 is 11.9 Å². The van der Waals surface area contributed by atoms with Crippen molar-refractivity contribution in [3.05, 3.63) is 0 Å². The minimum absolute atomic E-state index is 0.0101. The van der Waals surface area contributed by atoms with Gasteiger partial charge in [-0.15, -0.1) is 0 Å². The molecule has 6 nitrogen and oxygen atoms in total. The van der Waals surface area contributed by atoms with Crippen molar-refractivity contribution in [3.63, 3.8) is 0 Å². The summed E-state index contributed by atoms with van der Waals surface area (Å²) in [6.07, 6.45) is 31.0. The van der Waals surface area contributed by atoms with Gasteiger partial charge in [0.25, 0.3) is 0 Å². The van der Waals surface area contributed by atoms with E-state index in [0.29, 0.717) is 19.4 Å². The molecule has 0 bridgehead atoms. The van der Waals surface area contributed by atoms with E-state index in [1.165, 1.54) is 96.3 Å². The average molecular weight is 640 g/mol. The number of aliphatic hydroxyl groups excluding tert-OH is 1. The van der Waals surface area contributed by atoms with E-state index in [0.717, 1.165) is 90.3 Å². The van der Waals surface area contributed by atoms with Crippen LogP contribution in [-0.4, -0.2) is 60.9 Å². The molecule has 0 fully saturated rings. The number of carbonyl (C=O) groups is 2. The second-order valence-electron chi connectivity index (χ2n) is 13.4. The van der Waals surface area contributed by atoms with Gasteiger partial charge in [-0.1, -0.05) is 124 Å². The fourth-order valence-electron chi connectivity index (χ4n) is 5.97. The van der Waals surface area contributed by atoms with Crippen LogP contribution in [0.3, 0.4) is 0 Å². The van der Waals surface area contributed by atoms with Crippen molar-refractivity contribution >= 4 is 11.9 Å². The molecule has 0 rings (SSSR count). The number of esters is 2. The van der Waals surface area contributed by atoms with Crippen LogP contribution in [-0.2, 0) is 19.1 Å². The maximum absolute atomic E-state index is 12.7. The summed E-state index contributed by atoms with van der Waals surface area (Å²) in [6.45, 7) is 10.4. The summed E-state index contributed by atoms with van der Waals surface area (Å²) in [7, 11) is 0. The van der Waals surface area contributed by atoms with Crippen LogP contribution in [0.1, 0.15) is 201 Å². The third-order valence-electron chi connectivity index (χ3n) is 8.91. The summed E-state index contributed by atoms with van der Waals surface area (Å²) in [5.41, 5.74) is 0. The van der Waals surface area contributed by atoms with Gasteiger partial charge < -0.3 is 19.5 Å². The first-order valence-corrected chi connectivity index (χ1v) is 19.8. The molecule has 1 N–H and O–H groups in total. The van der Waals surface area contributed by atoms with E-state index in [4.69, 9.17) is 9.47 Å². The Morgan fingerprint density at radius 3 is 1.44 bits per heavy atom. The zero-order valence-electron chi connectivity index (χ0n) is 30.4. The summed E-state index contributed by atoms with van der Waals surface area (Å²) >= 11 is 0. The van der Waals surface area contributed by atoms with Crippen molar-refractivity contribution in [2.24, 2.45) is 0 Å². The lowest BCUT2D eigenvalue weighted by Gasteiger charge is -2.22. The summed E-state index contributed by atoms with van der Waals surface area (Å²) < 4.78 is 11.4. The number of rotatable bonds is 36. The average Bonchev–Trinajstić information content (AvgIpc) is 3.03. The van der Waals surface area contributed by atoms with Gasteiger partial charge in [0.2, 0.25) is 0 Å². The second-order valence-corrected chi connectivity index (χ2v) is 13.4. The van der Waals surface area contributed by atoms with Crippen LogP contribution in [0.25, 0.3) is 0 Å². The molecule has 0 aliphatic heterocycles. The van der Waals surface area contributed by atoms with E-state index in [-0.39, 0.29) is 24.6 Å². The Balaban J connectivity index is 4.20. The molecule has 0 spiro atoms. The van der Waals surface area contributed by atoms with Gasteiger partial charge in [-0.3, -0.25) is 9.59 Å². The van der Waals surface area contributed by atoms with E-state index >= 15 is 0 Å². The van der Waals surface area contributed by atoms with E-state index in [1.54, 1.807) is 0 Å². The maximum atomic E-state index is 12.7. The number of unbranched alkanes of at least 4 members (excludes halogenated alkanes) is 18. The SMILES string of the molecule is CCCCCCCCC(CCCCCCCC)OC(=O)CCCCCN(CCCO)CCCCCC(=O)OCCCCCCC. The van der Waals surface area contributed by atoms with Gasteiger partial charge in [-0.2, -0.15) is 0 Å². The largest absolute Gasteiger partial charge is 0.466 e. The normalized spacial score (nSPS) is 11.5. The van der Waals surface area contributed by atoms with Crippen molar-refractivity contribution in [2.75, 3.05) is 32.8 Å². The summed E-state index contributed by atoms with van der Waals surface area (Å²) in [4.78, 5) is 27.1. The molecule has 0 heterocycles. The summed E-state index contributed by atoms with van der Waals surface area (Å²) in [5, 5.41) is 9.34. The zero-order valence-corrected chi connectivity index (χ0v) is 30.4. The number of ether oxygens (including phenoxy) is 2. The standard InChI is InChI=1S/C39H77NO5/c1-4-7-10-13-15-20-28-37(29-21-16-14-11-8-5-2)45-39(43)31-23-19-25-33-40(34-27-35-41)32-24-18-22-30-38(42)44-36-26-17-12-9-6-3/h37,41H,4-36H2,1-3H3. The van der Waals surface area contributed by atoms with Crippen LogP contribution >= 0.6 is 0 Å². The van der Waals surface area contributed by atoms with Crippen LogP contribution in [0.4, 0.5) is 0 Å². The monoisotopic (exact) mass is 640 g/mol. The number of hydrogen-bond donors (Lipinski definition) is 1. The molecule has 0 aromatic carbocycles. The number of hydrogen-bond acceptors (Lipinski definition) is 6. The highest BCUT2D eigenvalue weighted by molar-refractivity contribution is 5.69. The molecule has 0 amide bonds. The van der Waals surface area contributed by atoms with E-state index < -0.39 is 0 Å². The lowest BCUT2D eigenvalue weighted by atomic mass is 10.0. The highest BCUT2D eigenvalue weighted by Crippen LogP contribution is 2.18. The van der Waals surface area contributed by atoms with Crippen LogP contribution in [0, 0.1) is 0 Å². The topological polar surface area (TPSA) is 76.1 Å². The van der Waals surface area contributed by atoms with Gasteiger partial charge in [0.1, 0.15) is 6.10 Å². The highest BCUT2D eigenvalue weighted by atomic mass is 16.5. The smallest absolute Gasteiger partial charge is 0.306 e. The molecule has 0 radical (unpaired) electrons. The Kier molecular flexibility index (Phi) is 34.8. The van der Waals surface area contributed by atoms with Crippen molar-refractivity contribution in [2.45, 2.75) is 207 Å². The number of nitrogens with zero attached hydrogens (tertiary/aromatic N) is 1. The van der Waals surface area contributed by atoms with Crippen LogP contribution < -0.4 is 0 Å². The molecule has 0 aliphatic carbocycles. The fourth-order valence-corrected chi connectivity index (χ4v) is 5.97. The van der Waals surface area contributed by atoms with Crippen LogP contribution in [0.2, 0.25) is 0 Å². The molecule has 0 aromatic heterocycles. The Hall–Kier alpha value is -1.14. The van der Waals surface area contributed by atoms with Gasteiger partial charge in [-0.05, 0) is 77.3 Å². The van der Waals surface area contributed by atoms with Crippen molar-refractivity contribution in [1.82, 2.24) is 4.90 Å². The molecule has 0 saturated carbocycles. The molecule has 6 heteroatoms. The Bertz CT molecular complexity index is 613. The van der Waals surface area contributed by atoms with Crippen molar-refractivity contribution in [3.8, 4) is 0 Å². The maximum Gasteiger partial charge on any atom is 0.306 e. The minimum atomic E-state index is -0.0581. The van der Waals surface area contributed by atoms with E-state index in [1.807, 2.05) is 0 Å². The van der Waals surface area contributed by atoms with Gasteiger partial charge in [-0.25, -0.2) is 0 Å². The first-order valence-electron chi connectivity index (χ1n) is 19.8. The second kappa shape index (κ2) is 35.7. The molecule has 0 aliphatic rings. The molecule has 0 atom stereocenters. The molecule has 45 heavy (non-hydrogen) atoms. The Morgan fingerprint density at radius 2 is 0.933 bits per heavy atom. The Labute approximate surface area is 280 Å². The third-order valence-corrected chi connectivity index (χ3v) is 8.91. The summed E-state index contributed by atoms with van der Waals surface area (Å²) in [5.74, 6) is -0.0681. The van der Waals surface area contributed by atoms with Crippen molar-refractivity contribution < 1.29 is 24.2 Å². The van der Waals surface area contributed by atoms with Crippen LogP contribution in [0.5, 0.6) is 0 Å². The molecule has 0 unspecified atom stereocenters. The highest BCUT2D eigenvalue weighted by Gasteiger charge is 2.14. The lowest BCUT2D eigenvalue weighted by molar-refractivity contribution is -0.150. The van der Waals surface area contributed by atoms with Crippen molar-refractivity contribution in [1.29, 1.82) is 0 Å².